The minimum atomic E-state index is 0.0712. The Bertz CT molecular complexity index is 362. The van der Waals surface area contributed by atoms with Gasteiger partial charge >= 0.3 is 6.01 Å². The van der Waals surface area contributed by atoms with E-state index in [4.69, 9.17) is 9.52 Å². The van der Waals surface area contributed by atoms with Gasteiger partial charge in [-0.3, -0.25) is 4.90 Å². The molecule has 1 aromatic heterocycles. The van der Waals surface area contributed by atoms with Gasteiger partial charge in [0.25, 0.3) is 0 Å². The third-order valence-corrected chi connectivity index (χ3v) is 3.29. The third-order valence-electron chi connectivity index (χ3n) is 3.29. The van der Waals surface area contributed by atoms with E-state index in [0.717, 1.165) is 32.7 Å². The second kappa shape index (κ2) is 6.12. The number of nitrogens with zero attached hydrogens (tertiary/aromatic N) is 4. The van der Waals surface area contributed by atoms with Crippen molar-refractivity contribution < 1.29 is 9.52 Å². The van der Waals surface area contributed by atoms with Crippen LogP contribution in [0.1, 0.15) is 18.9 Å². The molecule has 1 fully saturated rings. The molecule has 18 heavy (non-hydrogen) atoms. The number of piperazine rings is 1. The second-order valence-electron chi connectivity index (χ2n) is 4.49. The lowest BCUT2D eigenvalue weighted by Gasteiger charge is -2.33. The summed E-state index contributed by atoms with van der Waals surface area (Å²) in [6.45, 7) is 6.48. The van der Waals surface area contributed by atoms with Crippen molar-refractivity contribution in [3.63, 3.8) is 0 Å². The van der Waals surface area contributed by atoms with E-state index in [2.05, 4.69) is 25.3 Å². The summed E-state index contributed by atoms with van der Waals surface area (Å²) < 4.78 is 5.64. The van der Waals surface area contributed by atoms with Crippen LogP contribution in [0.15, 0.2) is 4.42 Å². The van der Waals surface area contributed by atoms with Crippen LogP contribution in [-0.2, 0) is 0 Å². The van der Waals surface area contributed by atoms with E-state index in [1.807, 2.05) is 14.0 Å². The van der Waals surface area contributed by atoms with Gasteiger partial charge < -0.3 is 19.7 Å². The van der Waals surface area contributed by atoms with Gasteiger partial charge in [-0.05, 0) is 14.0 Å². The zero-order chi connectivity index (χ0) is 13.0. The van der Waals surface area contributed by atoms with Crippen molar-refractivity contribution in [1.82, 2.24) is 20.4 Å². The quantitative estimate of drug-likeness (QED) is 0.732. The summed E-state index contributed by atoms with van der Waals surface area (Å²) in [5.41, 5.74) is 0. The lowest BCUT2D eigenvalue weighted by atomic mass is 10.3. The summed E-state index contributed by atoms with van der Waals surface area (Å²) in [4.78, 5) is 4.32. The molecule has 0 aromatic carbocycles. The van der Waals surface area contributed by atoms with Crippen molar-refractivity contribution in [2.45, 2.75) is 13.0 Å². The summed E-state index contributed by atoms with van der Waals surface area (Å²) >= 11 is 0. The predicted molar refractivity (Wildman–Crippen MR) is 67.5 cm³/mol. The van der Waals surface area contributed by atoms with E-state index in [1.54, 1.807) is 0 Å². The van der Waals surface area contributed by atoms with E-state index < -0.39 is 0 Å². The topological polar surface area (TPSA) is 77.7 Å². The smallest absolute Gasteiger partial charge is 0.318 e. The zero-order valence-corrected chi connectivity index (χ0v) is 11.0. The first kappa shape index (κ1) is 13.3. The fraction of sp³-hybridized carbons (Fsp3) is 0.818. The largest absolute Gasteiger partial charge is 0.406 e. The Morgan fingerprint density at radius 1 is 1.33 bits per heavy atom. The zero-order valence-electron chi connectivity index (χ0n) is 11.0. The number of aliphatic hydroxyl groups is 1. The maximum atomic E-state index is 8.89. The molecule has 1 aliphatic rings. The molecule has 1 aliphatic heterocycles. The van der Waals surface area contributed by atoms with Gasteiger partial charge in [0, 0.05) is 32.7 Å². The molecule has 1 unspecified atom stereocenters. The van der Waals surface area contributed by atoms with Crippen LogP contribution in [0.3, 0.4) is 0 Å². The van der Waals surface area contributed by atoms with Crippen LogP contribution in [0.4, 0.5) is 6.01 Å². The first-order valence-corrected chi connectivity index (χ1v) is 6.33. The van der Waals surface area contributed by atoms with Crippen LogP contribution < -0.4 is 10.2 Å². The number of nitrogens with one attached hydrogen (secondary N) is 1. The molecule has 0 spiro atoms. The van der Waals surface area contributed by atoms with E-state index in [-0.39, 0.29) is 12.6 Å². The minimum absolute atomic E-state index is 0.0712. The molecule has 0 bridgehead atoms. The van der Waals surface area contributed by atoms with Crippen LogP contribution in [0.5, 0.6) is 0 Å². The van der Waals surface area contributed by atoms with Gasteiger partial charge in [0.1, 0.15) is 0 Å². The molecule has 7 nitrogen and oxygen atoms in total. The maximum Gasteiger partial charge on any atom is 0.318 e. The summed E-state index contributed by atoms with van der Waals surface area (Å²) in [6.07, 6.45) is 0. The van der Waals surface area contributed by atoms with Crippen molar-refractivity contribution in [3.8, 4) is 0 Å². The standard InChI is InChI=1S/C11H21N5O2/c1-9(12-2)10-13-14-11(18-10)16-5-3-15(4-6-16)7-8-17/h9,12,17H,3-8H2,1-2H3. The first-order valence-electron chi connectivity index (χ1n) is 6.33. The van der Waals surface area contributed by atoms with Gasteiger partial charge in [-0.1, -0.05) is 5.10 Å². The maximum absolute atomic E-state index is 8.89. The van der Waals surface area contributed by atoms with Crippen molar-refractivity contribution in [3.05, 3.63) is 5.89 Å². The summed E-state index contributed by atoms with van der Waals surface area (Å²) in [5.74, 6) is 0.616. The average molecular weight is 255 g/mol. The summed E-state index contributed by atoms with van der Waals surface area (Å²) in [5, 5.41) is 20.1. The Labute approximate surface area is 107 Å². The van der Waals surface area contributed by atoms with Crippen molar-refractivity contribution in [2.75, 3.05) is 51.3 Å². The Balaban J connectivity index is 1.91. The van der Waals surface area contributed by atoms with E-state index in [0.29, 0.717) is 11.9 Å². The van der Waals surface area contributed by atoms with Crippen molar-refractivity contribution in [1.29, 1.82) is 0 Å². The molecule has 2 N–H and O–H groups in total. The fourth-order valence-electron chi connectivity index (χ4n) is 1.96. The van der Waals surface area contributed by atoms with Crippen LogP contribution >= 0.6 is 0 Å². The SMILES string of the molecule is CNC(C)c1nnc(N2CCN(CCO)CC2)o1. The molecule has 7 heteroatoms. The molecule has 0 amide bonds. The lowest BCUT2D eigenvalue weighted by Crippen LogP contribution is -2.47. The van der Waals surface area contributed by atoms with Gasteiger partial charge in [0.05, 0.1) is 12.6 Å². The van der Waals surface area contributed by atoms with Crippen LogP contribution in [0, 0.1) is 0 Å². The summed E-state index contributed by atoms with van der Waals surface area (Å²) in [7, 11) is 1.86. The number of aliphatic hydroxyl groups excluding tert-OH is 1. The van der Waals surface area contributed by atoms with E-state index >= 15 is 0 Å². The second-order valence-corrected chi connectivity index (χ2v) is 4.49. The molecule has 2 heterocycles. The normalized spacial score (nSPS) is 19.2. The lowest BCUT2D eigenvalue weighted by molar-refractivity contribution is 0.187. The number of rotatable bonds is 5. The number of hydrogen-bond acceptors (Lipinski definition) is 7. The summed E-state index contributed by atoms with van der Waals surface area (Å²) in [6, 6.07) is 0.665. The molecule has 2 rings (SSSR count). The first-order chi connectivity index (χ1) is 8.74. The molecule has 1 aromatic rings. The number of anilines is 1. The van der Waals surface area contributed by atoms with Gasteiger partial charge in [0.15, 0.2) is 0 Å². The molecule has 1 atom stereocenters. The van der Waals surface area contributed by atoms with Gasteiger partial charge in [-0.25, -0.2) is 0 Å². The van der Waals surface area contributed by atoms with Crippen molar-refractivity contribution in [2.24, 2.45) is 0 Å². The minimum Gasteiger partial charge on any atom is -0.406 e. The molecule has 0 radical (unpaired) electrons. The van der Waals surface area contributed by atoms with E-state index in [1.165, 1.54) is 0 Å². The van der Waals surface area contributed by atoms with Crippen LogP contribution in [-0.4, -0.2) is 66.6 Å². The monoisotopic (exact) mass is 255 g/mol. The predicted octanol–water partition coefficient (Wildman–Crippen LogP) is -0.536. The molecule has 1 saturated heterocycles. The Morgan fingerprint density at radius 2 is 2.06 bits per heavy atom. The molecule has 102 valence electrons. The number of hydrogen-bond donors (Lipinski definition) is 2. The highest BCUT2D eigenvalue weighted by atomic mass is 16.4. The van der Waals surface area contributed by atoms with E-state index in [9.17, 15) is 0 Å². The van der Waals surface area contributed by atoms with Crippen molar-refractivity contribution >= 4 is 6.01 Å². The molecular formula is C11H21N5O2. The Hall–Kier alpha value is -1.18. The van der Waals surface area contributed by atoms with Crippen LogP contribution in [0.2, 0.25) is 0 Å². The molecular weight excluding hydrogens is 234 g/mol. The Morgan fingerprint density at radius 3 is 2.67 bits per heavy atom. The average Bonchev–Trinajstić information content (AvgIpc) is 2.89. The third kappa shape index (κ3) is 2.98. The molecule has 0 saturated carbocycles. The number of aromatic nitrogens is 2. The fourth-order valence-corrected chi connectivity index (χ4v) is 1.96. The van der Waals surface area contributed by atoms with Crippen LogP contribution in [0.25, 0.3) is 0 Å². The highest BCUT2D eigenvalue weighted by Gasteiger charge is 2.21. The van der Waals surface area contributed by atoms with Gasteiger partial charge in [0.2, 0.25) is 5.89 Å². The highest BCUT2D eigenvalue weighted by Crippen LogP contribution is 2.18. The number of β-amino-alcohol motifs (C(OH)–C–C–N with tert-alkyl or cyclic N) is 1. The van der Waals surface area contributed by atoms with Gasteiger partial charge in [-0.2, -0.15) is 0 Å². The molecule has 0 aliphatic carbocycles. The highest BCUT2D eigenvalue weighted by molar-refractivity contribution is 5.25. The Kier molecular flexibility index (Phi) is 4.51. The van der Waals surface area contributed by atoms with Gasteiger partial charge in [-0.15, -0.1) is 5.10 Å².